The van der Waals surface area contributed by atoms with E-state index in [2.05, 4.69) is 33.9 Å². The number of alkyl halides is 2. The Balaban J connectivity index is 2.73. The van der Waals surface area contributed by atoms with Crippen LogP contribution in [0.1, 0.15) is 52.9 Å². The second kappa shape index (κ2) is 6.22. The van der Waals surface area contributed by atoms with Gasteiger partial charge in [0.15, 0.2) is 8.32 Å². The molecule has 0 unspecified atom stereocenters. The highest BCUT2D eigenvalue weighted by atomic mass is 28.4. The largest absolute Gasteiger partial charge is 0.413 e. The fourth-order valence-electron chi connectivity index (χ4n) is 2.42. The Labute approximate surface area is 122 Å². The fourth-order valence-corrected chi connectivity index (χ4v) is 3.82. The van der Waals surface area contributed by atoms with Gasteiger partial charge in [-0.1, -0.05) is 20.8 Å². The lowest BCUT2D eigenvalue weighted by Crippen LogP contribution is -2.46. The molecule has 0 amide bonds. The average Bonchev–Trinajstić information content (AvgIpc) is 2.26. The number of halogens is 2. The van der Waals surface area contributed by atoms with E-state index in [9.17, 15) is 13.6 Å². The zero-order chi connectivity index (χ0) is 15.6. The van der Waals surface area contributed by atoms with Crippen LogP contribution in [0.5, 0.6) is 0 Å². The van der Waals surface area contributed by atoms with Gasteiger partial charge in [-0.15, -0.1) is 0 Å². The lowest BCUT2D eigenvalue weighted by atomic mass is 9.82. The number of hydrogen-bond acceptors (Lipinski definition) is 2. The summed E-state index contributed by atoms with van der Waals surface area (Å²) >= 11 is 0. The Hall–Kier alpha value is -0.293. The highest BCUT2D eigenvalue weighted by molar-refractivity contribution is 6.74. The number of carbonyl (C=O) groups excluding carboxylic acids is 1. The van der Waals surface area contributed by atoms with Crippen molar-refractivity contribution >= 4 is 14.6 Å². The van der Waals surface area contributed by atoms with Gasteiger partial charge in [-0.25, -0.2) is 8.78 Å². The second-order valence-corrected chi connectivity index (χ2v) is 12.3. The minimum Gasteiger partial charge on any atom is -0.413 e. The molecule has 1 saturated carbocycles. The molecule has 5 heteroatoms. The maximum atomic E-state index is 13.3. The molecule has 20 heavy (non-hydrogen) atoms. The van der Waals surface area contributed by atoms with E-state index in [0.717, 1.165) is 6.29 Å². The molecule has 0 heterocycles. The molecule has 0 aromatic rings. The van der Waals surface area contributed by atoms with Crippen molar-refractivity contribution in [2.75, 3.05) is 0 Å². The molecule has 2 nitrogen and oxygen atoms in total. The highest BCUT2D eigenvalue weighted by Crippen LogP contribution is 2.42. The van der Waals surface area contributed by atoms with E-state index in [4.69, 9.17) is 4.43 Å². The SMILES string of the molecule is CC(C)(C)[Si](C)(C)O[C@@H](CC=O)C1CCC(F)(F)CC1. The normalized spacial score (nSPS) is 22.6. The summed E-state index contributed by atoms with van der Waals surface area (Å²) in [5.41, 5.74) is 0. The Morgan fingerprint density at radius 1 is 1.30 bits per heavy atom. The number of carbonyl (C=O) groups is 1. The lowest BCUT2D eigenvalue weighted by molar-refractivity contribution is -0.110. The summed E-state index contributed by atoms with van der Waals surface area (Å²) < 4.78 is 32.8. The van der Waals surface area contributed by atoms with Crippen LogP contribution in [0.2, 0.25) is 18.1 Å². The Morgan fingerprint density at radius 3 is 2.20 bits per heavy atom. The van der Waals surface area contributed by atoms with Crippen molar-refractivity contribution in [2.45, 2.75) is 83.0 Å². The zero-order valence-electron chi connectivity index (χ0n) is 13.3. The third-order valence-corrected chi connectivity index (χ3v) is 9.37. The van der Waals surface area contributed by atoms with E-state index >= 15 is 0 Å². The zero-order valence-corrected chi connectivity index (χ0v) is 14.3. The van der Waals surface area contributed by atoms with Crippen molar-refractivity contribution in [2.24, 2.45) is 5.92 Å². The van der Waals surface area contributed by atoms with Gasteiger partial charge in [-0.05, 0) is 36.9 Å². The van der Waals surface area contributed by atoms with Gasteiger partial charge in [-0.2, -0.15) is 0 Å². The van der Waals surface area contributed by atoms with Crippen LogP contribution in [0, 0.1) is 5.92 Å². The first-order valence-electron chi connectivity index (χ1n) is 7.48. The first-order valence-corrected chi connectivity index (χ1v) is 10.4. The van der Waals surface area contributed by atoms with E-state index in [1.165, 1.54) is 0 Å². The molecule has 0 radical (unpaired) electrons. The first kappa shape index (κ1) is 17.8. The smallest absolute Gasteiger partial charge is 0.248 e. The average molecular weight is 306 g/mol. The molecule has 0 spiro atoms. The summed E-state index contributed by atoms with van der Waals surface area (Å²) in [4.78, 5) is 10.9. The third-order valence-electron chi connectivity index (χ3n) is 4.87. The van der Waals surface area contributed by atoms with Crippen molar-refractivity contribution in [3.05, 3.63) is 0 Å². The van der Waals surface area contributed by atoms with Crippen LogP contribution in [-0.4, -0.2) is 26.6 Å². The van der Waals surface area contributed by atoms with Crippen molar-refractivity contribution < 1.29 is 18.0 Å². The molecule has 118 valence electrons. The monoisotopic (exact) mass is 306 g/mol. The molecular formula is C15H28F2O2Si. The Morgan fingerprint density at radius 2 is 1.80 bits per heavy atom. The molecule has 1 rings (SSSR count). The molecule has 1 atom stereocenters. The topological polar surface area (TPSA) is 26.3 Å². The molecule has 1 fully saturated rings. The van der Waals surface area contributed by atoms with Crippen LogP contribution >= 0.6 is 0 Å². The van der Waals surface area contributed by atoms with E-state index in [1.54, 1.807) is 0 Å². The number of rotatable bonds is 5. The van der Waals surface area contributed by atoms with Crippen LogP contribution in [-0.2, 0) is 9.22 Å². The van der Waals surface area contributed by atoms with E-state index < -0.39 is 14.2 Å². The summed E-state index contributed by atoms with van der Waals surface area (Å²) in [6.45, 7) is 10.7. The van der Waals surface area contributed by atoms with Gasteiger partial charge in [0.2, 0.25) is 5.92 Å². The molecule has 0 aromatic heterocycles. The Kier molecular flexibility index (Phi) is 5.52. The molecule has 1 aliphatic carbocycles. The number of hydrogen-bond donors (Lipinski definition) is 0. The summed E-state index contributed by atoms with van der Waals surface area (Å²) in [6.07, 6.45) is 1.76. The van der Waals surface area contributed by atoms with Crippen LogP contribution < -0.4 is 0 Å². The summed E-state index contributed by atoms with van der Waals surface area (Å²) in [5.74, 6) is -2.44. The summed E-state index contributed by atoms with van der Waals surface area (Å²) in [5, 5.41) is 0.0622. The minimum atomic E-state index is -2.53. The van der Waals surface area contributed by atoms with E-state index in [-0.39, 0.29) is 29.9 Å². The molecule has 0 aliphatic heterocycles. The predicted molar refractivity (Wildman–Crippen MR) is 79.7 cm³/mol. The molecule has 0 aromatic carbocycles. The maximum Gasteiger partial charge on any atom is 0.248 e. The highest BCUT2D eigenvalue weighted by Gasteiger charge is 2.43. The van der Waals surface area contributed by atoms with E-state index in [1.807, 2.05) is 0 Å². The van der Waals surface area contributed by atoms with Crippen LogP contribution in [0.25, 0.3) is 0 Å². The molecular weight excluding hydrogens is 278 g/mol. The minimum absolute atomic E-state index is 0.0622. The van der Waals surface area contributed by atoms with Crippen molar-refractivity contribution in [3.63, 3.8) is 0 Å². The molecule has 0 bridgehead atoms. The summed E-state index contributed by atoms with van der Waals surface area (Å²) in [7, 11) is -1.97. The summed E-state index contributed by atoms with van der Waals surface area (Å²) in [6, 6.07) is 0. The van der Waals surface area contributed by atoms with Crippen LogP contribution in [0.3, 0.4) is 0 Å². The van der Waals surface area contributed by atoms with Crippen molar-refractivity contribution in [1.29, 1.82) is 0 Å². The van der Waals surface area contributed by atoms with Crippen LogP contribution in [0.4, 0.5) is 8.78 Å². The lowest BCUT2D eigenvalue weighted by Gasteiger charge is -2.42. The van der Waals surface area contributed by atoms with Gasteiger partial charge in [0.25, 0.3) is 0 Å². The first-order chi connectivity index (χ1) is 8.98. The van der Waals surface area contributed by atoms with Gasteiger partial charge < -0.3 is 9.22 Å². The van der Waals surface area contributed by atoms with Crippen molar-refractivity contribution in [1.82, 2.24) is 0 Å². The fraction of sp³-hybridized carbons (Fsp3) is 0.933. The van der Waals surface area contributed by atoms with Gasteiger partial charge >= 0.3 is 0 Å². The van der Waals surface area contributed by atoms with Crippen molar-refractivity contribution in [3.8, 4) is 0 Å². The molecule has 0 saturated heterocycles. The quantitative estimate of drug-likeness (QED) is 0.539. The van der Waals surface area contributed by atoms with Crippen LogP contribution in [0.15, 0.2) is 0 Å². The predicted octanol–water partition coefficient (Wildman–Crippen LogP) is 4.79. The van der Waals surface area contributed by atoms with Gasteiger partial charge in [0, 0.05) is 19.3 Å². The number of aldehydes is 1. The van der Waals surface area contributed by atoms with Gasteiger partial charge in [0.05, 0.1) is 6.10 Å². The van der Waals surface area contributed by atoms with Gasteiger partial charge in [0.1, 0.15) is 6.29 Å². The van der Waals surface area contributed by atoms with Gasteiger partial charge in [-0.3, -0.25) is 0 Å². The second-order valence-electron chi connectivity index (χ2n) is 7.51. The van der Waals surface area contributed by atoms with E-state index in [0.29, 0.717) is 19.3 Å². The molecule has 0 N–H and O–H groups in total. The molecule has 1 aliphatic rings. The maximum absolute atomic E-state index is 13.3. The Bertz CT molecular complexity index is 327. The third kappa shape index (κ3) is 4.62. The standard InChI is InChI=1S/C15H28F2O2Si/c1-14(2,3)20(4,5)19-13(8-11-18)12-6-9-15(16,17)10-7-12/h11-13H,6-10H2,1-5H3/t13-/m0/s1.